The van der Waals surface area contributed by atoms with Crippen LogP contribution in [0.5, 0.6) is 0 Å². The molecule has 1 aliphatic heterocycles. The molecule has 0 aromatic heterocycles. The first kappa shape index (κ1) is 27.0. The molecule has 0 saturated carbocycles. The second-order valence-electron chi connectivity index (χ2n) is 10.0. The van der Waals surface area contributed by atoms with Crippen LogP contribution >= 0.6 is 0 Å². The van der Waals surface area contributed by atoms with E-state index in [4.69, 9.17) is 4.74 Å². The normalized spacial score (nSPS) is 15.1. The minimum Gasteiger partial charge on any atom is -0.496 e. The second kappa shape index (κ2) is 13.0. The Balaban J connectivity index is 1.54. The van der Waals surface area contributed by atoms with Crippen LogP contribution in [0.4, 0.5) is 5.69 Å². The van der Waals surface area contributed by atoms with Crippen LogP contribution < -0.4 is 4.90 Å². The van der Waals surface area contributed by atoms with Crippen LogP contribution in [0.25, 0.3) is 27.5 Å². The molecule has 200 valence electrons. The van der Waals surface area contributed by atoms with Gasteiger partial charge in [-0.2, -0.15) is 0 Å². The van der Waals surface area contributed by atoms with E-state index < -0.39 is 0 Å². The number of hydrogen-bond acceptors (Lipinski definition) is 2. The largest absolute Gasteiger partial charge is 0.496 e. The molecular formula is C38H37NO. The first-order valence-corrected chi connectivity index (χ1v) is 14.1. The lowest BCUT2D eigenvalue weighted by Crippen LogP contribution is -2.22. The summed E-state index contributed by atoms with van der Waals surface area (Å²) in [5, 5.41) is 2.51. The van der Waals surface area contributed by atoms with Gasteiger partial charge in [0.1, 0.15) is 6.61 Å². The van der Waals surface area contributed by atoms with Gasteiger partial charge in [0.15, 0.2) is 0 Å². The maximum atomic E-state index is 5.90. The third kappa shape index (κ3) is 6.02. The highest BCUT2D eigenvalue weighted by Crippen LogP contribution is 2.36. The van der Waals surface area contributed by atoms with E-state index in [1.54, 1.807) is 0 Å². The van der Waals surface area contributed by atoms with Gasteiger partial charge in [-0.25, -0.2) is 0 Å². The third-order valence-corrected chi connectivity index (χ3v) is 7.46. The summed E-state index contributed by atoms with van der Waals surface area (Å²) >= 11 is 0. The van der Waals surface area contributed by atoms with E-state index in [0.29, 0.717) is 6.61 Å². The van der Waals surface area contributed by atoms with Gasteiger partial charge >= 0.3 is 0 Å². The van der Waals surface area contributed by atoms with E-state index in [9.17, 15) is 0 Å². The van der Waals surface area contributed by atoms with Gasteiger partial charge in [0.05, 0.1) is 6.26 Å². The van der Waals surface area contributed by atoms with Crippen molar-refractivity contribution in [2.75, 3.05) is 18.1 Å². The van der Waals surface area contributed by atoms with Gasteiger partial charge in [0.25, 0.3) is 0 Å². The van der Waals surface area contributed by atoms with E-state index in [1.807, 2.05) is 6.26 Å². The average molecular weight is 524 g/mol. The molecule has 0 bridgehead atoms. The zero-order valence-electron chi connectivity index (χ0n) is 23.7. The van der Waals surface area contributed by atoms with Crippen molar-refractivity contribution in [2.45, 2.75) is 27.2 Å². The lowest BCUT2D eigenvalue weighted by molar-refractivity contribution is 0.302. The van der Waals surface area contributed by atoms with Crippen molar-refractivity contribution in [1.29, 1.82) is 0 Å². The Bertz CT molecular complexity index is 1610. The molecule has 0 saturated heterocycles. The lowest BCUT2D eigenvalue weighted by Gasteiger charge is -2.27. The van der Waals surface area contributed by atoms with Crippen LogP contribution in [0.2, 0.25) is 0 Å². The first-order chi connectivity index (χ1) is 19.7. The monoisotopic (exact) mass is 523 g/mol. The van der Waals surface area contributed by atoms with Crippen LogP contribution in [0.15, 0.2) is 151 Å². The molecule has 4 aromatic rings. The Hall–Kier alpha value is -4.56. The molecule has 0 unspecified atom stereocenters. The first-order valence-electron chi connectivity index (χ1n) is 14.1. The number of benzene rings is 4. The number of nitrogens with zero attached hydrogens (tertiary/aromatic N) is 1. The van der Waals surface area contributed by atoms with Crippen molar-refractivity contribution in [3.8, 4) is 11.1 Å². The molecule has 2 heteroatoms. The Labute approximate surface area is 238 Å². The summed E-state index contributed by atoms with van der Waals surface area (Å²) < 4.78 is 5.90. The molecule has 2 nitrogen and oxygen atoms in total. The third-order valence-electron chi connectivity index (χ3n) is 7.46. The Morgan fingerprint density at radius 3 is 2.38 bits per heavy atom. The second-order valence-corrected chi connectivity index (χ2v) is 10.0. The number of rotatable bonds is 9. The van der Waals surface area contributed by atoms with Crippen molar-refractivity contribution < 1.29 is 4.74 Å². The molecule has 4 aromatic carbocycles. The molecule has 0 radical (unpaired) electrons. The predicted octanol–water partition coefficient (Wildman–Crippen LogP) is 10.1. The molecule has 0 N–H and O–H groups in total. The van der Waals surface area contributed by atoms with E-state index in [0.717, 1.165) is 18.5 Å². The van der Waals surface area contributed by atoms with Gasteiger partial charge in [0, 0.05) is 34.5 Å². The fourth-order valence-corrected chi connectivity index (χ4v) is 5.18. The molecule has 1 heterocycles. The number of hydrogen-bond donors (Lipinski definition) is 0. The SMILES string of the molecule is C/C=C(C)\C=C/CN(/C(=C/C=C1\COC=C1c1ccccc1-c1ccccc1)CC)c1cccc2ccccc12. The van der Waals surface area contributed by atoms with Crippen LogP contribution in [0.1, 0.15) is 32.8 Å². The smallest absolute Gasteiger partial charge is 0.113 e. The van der Waals surface area contributed by atoms with E-state index in [-0.39, 0.29) is 0 Å². The van der Waals surface area contributed by atoms with E-state index >= 15 is 0 Å². The van der Waals surface area contributed by atoms with Crippen LogP contribution in [0, 0.1) is 0 Å². The Morgan fingerprint density at radius 1 is 0.850 bits per heavy atom. The fourth-order valence-electron chi connectivity index (χ4n) is 5.18. The number of anilines is 1. The Morgan fingerprint density at radius 2 is 1.57 bits per heavy atom. The van der Waals surface area contributed by atoms with Crippen molar-refractivity contribution in [1.82, 2.24) is 0 Å². The maximum absolute atomic E-state index is 5.90. The summed E-state index contributed by atoms with van der Waals surface area (Å²) in [6.45, 7) is 7.81. The zero-order valence-corrected chi connectivity index (χ0v) is 23.7. The van der Waals surface area contributed by atoms with Crippen LogP contribution in [0.3, 0.4) is 0 Å². The van der Waals surface area contributed by atoms with Crippen LogP contribution in [-0.4, -0.2) is 13.2 Å². The standard InChI is InChI=1S/C38H37NO/c1-4-29(3)15-14-26-39(38-23-13-19-31-18-9-10-21-35(31)38)33(5-2)25-24-32-27-40-28-37(32)36-22-12-11-20-34(36)30-16-7-6-8-17-30/h4,6-25,28H,5,26-27H2,1-3H3/b15-14-,29-4-,32-24+,33-25+. The molecule has 1 aliphatic rings. The van der Waals surface area contributed by atoms with Crippen molar-refractivity contribution in [2.24, 2.45) is 0 Å². The van der Waals surface area contributed by atoms with Crippen LogP contribution in [-0.2, 0) is 4.74 Å². The molecule has 0 spiro atoms. The minimum atomic E-state index is 0.570. The van der Waals surface area contributed by atoms with E-state index in [2.05, 4.69) is 153 Å². The van der Waals surface area contributed by atoms with Gasteiger partial charge in [-0.05, 0) is 54.5 Å². The van der Waals surface area contributed by atoms with Crippen molar-refractivity contribution >= 4 is 22.0 Å². The van der Waals surface area contributed by atoms with Crippen molar-refractivity contribution in [3.05, 3.63) is 156 Å². The topological polar surface area (TPSA) is 12.5 Å². The van der Waals surface area contributed by atoms with E-state index in [1.165, 1.54) is 50.0 Å². The predicted molar refractivity (Wildman–Crippen MR) is 172 cm³/mol. The fraction of sp³-hybridized carbons (Fsp3) is 0.158. The number of allylic oxidation sites excluding steroid dienone is 6. The molecule has 40 heavy (non-hydrogen) atoms. The summed E-state index contributed by atoms with van der Waals surface area (Å²) in [4.78, 5) is 2.44. The summed E-state index contributed by atoms with van der Waals surface area (Å²) in [6.07, 6.45) is 14.0. The highest BCUT2D eigenvalue weighted by molar-refractivity contribution is 5.95. The molecule has 0 fully saturated rings. The van der Waals surface area contributed by atoms with Gasteiger partial charge in [0.2, 0.25) is 0 Å². The van der Waals surface area contributed by atoms with Gasteiger partial charge < -0.3 is 9.64 Å². The number of fused-ring (bicyclic) bond motifs is 1. The molecule has 0 atom stereocenters. The minimum absolute atomic E-state index is 0.570. The molecular weight excluding hydrogens is 486 g/mol. The maximum Gasteiger partial charge on any atom is 0.113 e. The summed E-state index contributed by atoms with van der Waals surface area (Å²) in [7, 11) is 0. The van der Waals surface area contributed by atoms with Gasteiger partial charge in [-0.1, -0.05) is 128 Å². The van der Waals surface area contributed by atoms with Crippen molar-refractivity contribution in [3.63, 3.8) is 0 Å². The zero-order chi connectivity index (χ0) is 27.7. The highest BCUT2D eigenvalue weighted by Gasteiger charge is 2.19. The summed E-state index contributed by atoms with van der Waals surface area (Å²) in [5.74, 6) is 0. The highest BCUT2D eigenvalue weighted by atomic mass is 16.5. The molecule has 0 amide bonds. The molecule has 0 aliphatic carbocycles. The average Bonchev–Trinajstić information content (AvgIpc) is 3.49. The summed E-state index contributed by atoms with van der Waals surface area (Å²) in [5.41, 5.74) is 9.69. The quantitative estimate of drug-likeness (QED) is 0.202. The number of ether oxygens (including phenoxy) is 1. The summed E-state index contributed by atoms with van der Waals surface area (Å²) in [6, 6.07) is 34.4. The molecule has 5 rings (SSSR count). The lowest BCUT2D eigenvalue weighted by atomic mass is 9.92. The van der Waals surface area contributed by atoms with Gasteiger partial charge in [-0.3, -0.25) is 0 Å². The Kier molecular flexibility index (Phi) is 8.78. The van der Waals surface area contributed by atoms with Gasteiger partial charge in [-0.15, -0.1) is 0 Å².